The molecule has 1 heteroatoms. The standard InChI is InChI=1S/C30H59N/c1-3-5-7-9-11-13-19-25-30(26-20-16-21-27-30)31(29-23-17-15-18-24-29)28-22-14-12-10-8-6-4-2/h29H,3-28H2,1-2H3. The van der Waals surface area contributed by atoms with Gasteiger partial charge in [-0.2, -0.15) is 0 Å². The lowest BCUT2D eigenvalue weighted by atomic mass is 9.74. The van der Waals surface area contributed by atoms with Crippen molar-refractivity contribution < 1.29 is 0 Å². The van der Waals surface area contributed by atoms with E-state index in [2.05, 4.69) is 18.7 Å². The molecule has 31 heavy (non-hydrogen) atoms. The average Bonchev–Trinajstić information content (AvgIpc) is 2.81. The lowest BCUT2D eigenvalue weighted by Crippen LogP contribution is -2.55. The molecule has 2 aliphatic carbocycles. The van der Waals surface area contributed by atoms with Crippen LogP contribution in [0.2, 0.25) is 0 Å². The summed E-state index contributed by atoms with van der Waals surface area (Å²) in [4.78, 5) is 3.16. The van der Waals surface area contributed by atoms with Gasteiger partial charge in [-0.25, -0.2) is 0 Å². The Labute approximate surface area is 197 Å². The Balaban J connectivity index is 1.88. The zero-order valence-electron chi connectivity index (χ0n) is 21.9. The molecule has 0 heterocycles. The maximum Gasteiger partial charge on any atom is 0.0212 e. The molecule has 2 saturated carbocycles. The van der Waals surface area contributed by atoms with Crippen LogP contribution in [0.1, 0.15) is 174 Å². The normalized spacial score (nSPS) is 19.8. The highest BCUT2D eigenvalue weighted by Gasteiger charge is 2.40. The van der Waals surface area contributed by atoms with Crippen LogP contribution in [-0.2, 0) is 0 Å². The molecule has 0 aliphatic heterocycles. The van der Waals surface area contributed by atoms with Crippen molar-refractivity contribution in [3.63, 3.8) is 0 Å². The predicted molar refractivity (Wildman–Crippen MR) is 140 cm³/mol. The Morgan fingerprint density at radius 3 is 1.61 bits per heavy atom. The lowest BCUT2D eigenvalue weighted by molar-refractivity contribution is -0.0102. The molecule has 0 aromatic carbocycles. The van der Waals surface area contributed by atoms with E-state index in [0.29, 0.717) is 5.54 Å². The fourth-order valence-electron chi connectivity index (χ4n) is 6.74. The summed E-state index contributed by atoms with van der Waals surface area (Å²) in [6, 6.07) is 0.913. The van der Waals surface area contributed by atoms with Gasteiger partial charge in [-0.15, -0.1) is 0 Å². The lowest BCUT2D eigenvalue weighted by Gasteiger charge is -2.51. The van der Waals surface area contributed by atoms with Gasteiger partial charge in [0.05, 0.1) is 0 Å². The summed E-state index contributed by atoms with van der Waals surface area (Å²) in [5.74, 6) is 0. The third kappa shape index (κ3) is 10.6. The van der Waals surface area contributed by atoms with Crippen LogP contribution in [0.25, 0.3) is 0 Å². The highest BCUT2D eigenvalue weighted by molar-refractivity contribution is 4.96. The minimum absolute atomic E-state index is 0.575. The van der Waals surface area contributed by atoms with E-state index >= 15 is 0 Å². The van der Waals surface area contributed by atoms with Gasteiger partial charge in [-0.05, 0) is 45.1 Å². The molecule has 1 nitrogen and oxygen atoms in total. The van der Waals surface area contributed by atoms with Gasteiger partial charge in [0.25, 0.3) is 0 Å². The van der Waals surface area contributed by atoms with Crippen LogP contribution in [0.4, 0.5) is 0 Å². The van der Waals surface area contributed by atoms with Crippen molar-refractivity contribution in [2.75, 3.05) is 6.54 Å². The highest BCUT2D eigenvalue weighted by Crippen LogP contribution is 2.42. The fourth-order valence-corrected chi connectivity index (χ4v) is 6.74. The molecule has 0 spiro atoms. The van der Waals surface area contributed by atoms with E-state index in [4.69, 9.17) is 0 Å². The smallest absolute Gasteiger partial charge is 0.0212 e. The summed E-state index contributed by atoms with van der Waals surface area (Å²) in [5.41, 5.74) is 0.575. The largest absolute Gasteiger partial charge is 0.295 e. The number of nitrogens with zero attached hydrogens (tertiary/aromatic N) is 1. The van der Waals surface area contributed by atoms with Gasteiger partial charge in [-0.1, -0.05) is 136 Å². The Morgan fingerprint density at radius 2 is 1.03 bits per heavy atom. The predicted octanol–water partition coefficient (Wildman–Crippen LogP) is 10.2. The molecule has 184 valence electrons. The summed E-state index contributed by atoms with van der Waals surface area (Å²) < 4.78 is 0. The van der Waals surface area contributed by atoms with Crippen molar-refractivity contribution in [3.05, 3.63) is 0 Å². The number of rotatable bonds is 18. The van der Waals surface area contributed by atoms with Crippen molar-refractivity contribution in [3.8, 4) is 0 Å². The van der Waals surface area contributed by atoms with Crippen LogP contribution in [0.3, 0.4) is 0 Å². The maximum absolute atomic E-state index is 3.16. The second-order valence-corrected chi connectivity index (χ2v) is 11.3. The van der Waals surface area contributed by atoms with Crippen LogP contribution >= 0.6 is 0 Å². The van der Waals surface area contributed by atoms with E-state index in [9.17, 15) is 0 Å². The van der Waals surface area contributed by atoms with Gasteiger partial charge in [0.15, 0.2) is 0 Å². The molecule has 0 radical (unpaired) electrons. The molecule has 0 saturated heterocycles. The Kier molecular flexibility index (Phi) is 15.3. The van der Waals surface area contributed by atoms with Gasteiger partial charge >= 0.3 is 0 Å². The average molecular weight is 434 g/mol. The Hall–Kier alpha value is -0.0400. The molecule has 0 N–H and O–H groups in total. The number of hydrogen-bond donors (Lipinski definition) is 0. The van der Waals surface area contributed by atoms with Crippen LogP contribution in [-0.4, -0.2) is 23.0 Å². The van der Waals surface area contributed by atoms with Gasteiger partial charge in [0.1, 0.15) is 0 Å². The Morgan fingerprint density at radius 1 is 0.548 bits per heavy atom. The summed E-state index contributed by atoms with van der Waals surface area (Å²) in [6.45, 7) is 6.07. The molecule has 0 aromatic heterocycles. The third-order valence-electron chi connectivity index (χ3n) is 8.66. The van der Waals surface area contributed by atoms with E-state index in [-0.39, 0.29) is 0 Å². The molecule has 2 rings (SSSR count). The van der Waals surface area contributed by atoms with E-state index in [1.807, 2.05) is 0 Å². The van der Waals surface area contributed by atoms with E-state index in [1.54, 1.807) is 0 Å². The van der Waals surface area contributed by atoms with E-state index in [0.717, 1.165) is 6.04 Å². The number of hydrogen-bond acceptors (Lipinski definition) is 1. The van der Waals surface area contributed by atoms with E-state index < -0.39 is 0 Å². The monoisotopic (exact) mass is 433 g/mol. The first kappa shape index (κ1) is 27.2. The van der Waals surface area contributed by atoms with Crippen molar-refractivity contribution in [1.82, 2.24) is 4.90 Å². The van der Waals surface area contributed by atoms with Crippen molar-refractivity contribution in [2.45, 2.75) is 186 Å². The SMILES string of the molecule is CCCCCCCCCN(C1CCCCC1)C1(CCCCCCCCC)CCCCC1. The molecular weight excluding hydrogens is 374 g/mol. The first-order chi connectivity index (χ1) is 15.3. The summed E-state index contributed by atoms with van der Waals surface area (Å²) in [7, 11) is 0. The molecular formula is C30H59N. The quantitative estimate of drug-likeness (QED) is 0.194. The third-order valence-corrected chi connectivity index (χ3v) is 8.66. The molecule has 2 aliphatic rings. The van der Waals surface area contributed by atoms with Crippen molar-refractivity contribution in [1.29, 1.82) is 0 Å². The first-order valence-electron chi connectivity index (χ1n) is 15.1. The van der Waals surface area contributed by atoms with Crippen LogP contribution < -0.4 is 0 Å². The van der Waals surface area contributed by atoms with Crippen LogP contribution in [0, 0.1) is 0 Å². The van der Waals surface area contributed by atoms with Crippen LogP contribution in [0.5, 0.6) is 0 Å². The summed E-state index contributed by atoms with van der Waals surface area (Å²) in [5, 5.41) is 0. The van der Waals surface area contributed by atoms with Crippen molar-refractivity contribution >= 4 is 0 Å². The minimum Gasteiger partial charge on any atom is -0.295 e. The fraction of sp³-hybridized carbons (Fsp3) is 1.00. The highest BCUT2D eigenvalue weighted by atomic mass is 15.2. The van der Waals surface area contributed by atoms with Gasteiger partial charge in [0, 0.05) is 11.6 Å². The zero-order valence-corrected chi connectivity index (χ0v) is 21.9. The molecule has 2 fully saturated rings. The zero-order chi connectivity index (χ0) is 22.0. The molecule has 0 atom stereocenters. The van der Waals surface area contributed by atoms with E-state index in [1.165, 1.54) is 167 Å². The molecule has 0 bridgehead atoms. The van der Waals surface area contributed by atoms with Gasteiger partial charge in [0.2, 0.25) is 0 Å². The summed E-state index contributed by atoms with van der Waals surface area (Å²) >= 11 is 0. The Bertz CT molecular complexity index is 391. The second kappa shape index (κ2) is 17.4. The molecule has 0 unspecified atom stereocenters. The summed E-state index contributed by atoms with van der Waals surface area (Å²) in [6.07, 6.45) is 36.9. The van der Waals surface area contributed by atoms with Crippen molar-refractivity contribution in [2.24, 2.45) is 0 Å². The maximum atomic E-state index is 3.16. The van der Waals surface area contributed by atoms with Gasteiger partial charge in [-0.3, -0.25) is 4.90 Å². The molecule has 0 amide bonds. The topological polar surface area (TPSA) is 3.24 Å². The van der Waals surface area contributed by atoms with Crippen LogP contribution in [0.15, 0.2) is 0 Å². The minimum atomic E-state index is 0.575. The number of unbranched alkanes of at least 4 members (excludes halogenated alkanes) is 12. The second-order valence-electron chi connectivity index (χ2n) is 11.3. The first-order valence-corrected chi connectivity index (χ1v) is 15.1. The molecule has 0 aromatic rings. The van der Waals surface area contributed by atoms with Gasteiger partial charge < -0.3 is 0 Å².